The van der Waals surface area contributed by atoms with E-state index in [1.807, 2.05) is 30.3 Å². The van der Waals surface area contributed by atoms with E-state index in [9.17, 15) is 4.79 Å². The molecule has 0 bridgehead atoms. The van der Waals surface area contributed by atoms with Crippen molar-refractivity contribution in [1.29, 1.82) is 0 Å². The molecule has 0 unspecified atom stereocenters. The Kier molecular flexibility index (Phi) is 8.79. The number of ether oxygens (including phenoxy) is 4. The van der Waals surface area contributed by atoms with Crippen molar-refractivity contribution in [2.75, 3.05) is 21.3 Å². The second-order valence-electron chi connectivity index (χ2n) is 6.71. The molecule has 0 aliphatic heterocycles. The van der Waals surface area contributed by atoms with Crippen LogP contribution >= 0.6 is 34.2 Å². The molecule has 0 radical (unpaired) electrons. The van der Waals surface area contributed by atoms with Gasteiger partial charge in [0.15, 0.2) is 11.5 Å². The van der Waals surface area contributed by atoms with Crippen LogP contribution in [0.5, 0.6) is 23.0 Å². The number of benzene rings is 3. The highest BCUT2D eigenvalue weighted by molar-refractivity contribution is 14.1. The largest absolute Gasteiger partial charge is 0.497 e. The molecule has 3 rings (SSSR count). The van der Waals surface area contributed by atoms with Crippen molar-refractivity contribution >= 4 is 46.3 Å². The third kappa shape index (κ3) is 6.52. The summed E-state index contributed by atoms with van der Waals surface area (Å²) in [6.45, 7) is 0.372. The van der Waals surface area contributed by atoms with Crippen molar-refractivity contribution in [2.24, 2.45) is 5.10 Å². The molecule has 1 amide bonds. The van der Waals surface area contributed by atoms with Crippen LogP contribution in [0, 0.1) is 3.57 Å². The van der Waals surface area contributed by atoms with Gasteiger partial charge in [0.25, 0.3) is 5.91 Å². The molecule has 3 aromatic carbocycles. The van der Waals surface area contributed by atoms with Crippen molar-refractivity contribution in [1.82, 2.24) is 5.43 Å². The van der Waals surface area contributed by atoms with Crippen molar-refractivity contribution in [3.05, 3.63) is 79.9 Å². The minimum atomic E-state index is -0.407. The van der Waals surface area contributed by atoms with E-state index in [1.54, 1.807) is 38.5 Å². The maximum absolute atomic E-state index is 12.5. The Morgan fingerprint density at radius 1 is 1.00 bits per heavy atom. The Morgan fingerprint density at radius 3 is 2.39 bits per heavy atom. The summed E-state index contributed by atoms with van der Waals surface area (Å²) in [5.74, 6) is 1.75. The van der Waals surface area contributed by atoms with E-state index in [0.717, 1.165) is 14.7 Å². The first-order valence-corrected chi connectivity index (χ1v) is 11.2. The topological polar surface area (TPSA) is 78.4 Å². The predicted molar refractivity (Wildman–Crippen MR) is 136 cm³/mol. The molecule has 7 nitrogen and oxygen atoms in total. The lowest BCUT2D eigenvalue weighted by molar-refractivity contribution is 0.0952. The van der Waals surface area contributed by atoms with E-state index >= 15 is 0 Å². The maximum atomic E-state index is 12.5. The Balaban J connectivity index is 1.70. The first-order chi connectivity index (χ1) is 15.9. The van der Waals surface area contributed by atoms with Gasteiger partial charge in [-0.2, -0.15) is 5.10 Å². The van der Waals surface area contributed by atoms with E-state index in [4.69, 9.17) is 30.5 Å². The van der Waals surface area contributed by atoms with Crippen LogP contribution in [0.2, 0.25) is 5.02 Å². The predicted octanol–water partition coefficient (Wildman–Crippen LogP) is 5.31. The summed E-state index contributed by atoms with van der Waals surface area (Å²) in [5.41, 5.74) is 4.57. The van der Waals surface area contributed by atoms with Gasteiger partial charge in [-0.1, -0.05) is 23.7 Å². The van der Waals surface area contributed by atoms with Gasteiger partial charge in [-0.3, -0.25) is 4.79 Å². The molecule has 0 fully saturated rings. The van der Waals surface area contributed by atoms with Crippen molar-refractivity contribution in [2.45, 2.75) is 6.61 Å². The number of hydrogen-bond acceptors (Lipinski definition) is 6. The molecule has 0 saturated carbocycles. The molecular formula is C24H22ClIN2O5. The molecule has 0 atom stereocenters. The molecule has 172 valence electrons. The van der Waals surface area contributed by atoms with E-state index in [2.05, 4.69) is 33.1 Å². The van der Waals surface area contributed by atoms with Gasteiger partial charge in [-0.15, -0.1) is 0 Å². The average molecular weight is 581 g/mol. The number of nitrogens with zero attached hydrogens (tertiary/aromatic N) is 1. The zero-order valence-corrected chi connectivity index (χ0v) is 21.1. The molecule has 33 heavy (non-hydrogen) atoms. The maximum Gasteiger partial charge on any atom is 0.275 e. The summed E-state index contributed by atoms with van der Waals surface area (Å²) in [7, 11) is 4.60. The minimum absolute atomic E-state index is 0.341. The smallest absolute Gasteiger partial charge is 0.275 e. The number of carbonyl (C=O) groups excluding carboxylic acids is 1. The lowest BCUT2D eigenvalue weighted by atomic mass is 10.2. The number of amides is 1. The van der Waals surface area contributed by atoms with Gasteiger partial charge in [0.2, 0.25) is 0 Å². The number of carbonyl (C=O) groups is 1. The third-order valence-electron chi connectivity index (χ3n) is 4.58. The lowest BCUT2D eigenvalue weighted by Crippen LogP contribution is -2.18. The summed E-state index contributed by atoms with van der Waals surface area (Å²) in [5, 5.41) is 4.73. The van der Waals surface area contributed by atoms with Crippen molar-refractivity contribution < 1.29 is 23.7 Å². The minimum Gasteiger partial charge on any atom is -0.497 e. The molecular weight excluding hydrogens is 559 g/mol. The fraction of sp³-hybridized carbons (Fsp3) is 0.167. The number of halogens is 2. The average Bonchev–Trinajstić information content (AvgIpc) is 2.83. The normalized spacial score (nSPS) is 10.7. The molecule has 0 aliphatic carbocycles. The SMILES string of the molecule is COc1ccc(C(=O)N/N=C\c2cc(I)c(OCc3ccc(Cl)cc3)c(OC)c2)c(OC)c1. The second kappa shape index (κ2) is 11.8. The fourth-order valence-corrected chi connectivity index (χ4v) is 3.81. The zero-order chi connectivity index (χ0) is 23.8. The summed E-state index contributed by atoms with van der Waals surface area (Å²) in [6.07, 6.45) is 1.53. The number of hydrogen-bond donors (Lipinski definition) is 1. The lowest BCUT2D eigenvalue weighted by Gasteiger charge is -2.13. The molecule has 0 heterocycles. The van der Waals surface area contributed by atoms with Gasteiger partial charge < -0.3 is 18.9 Å². The third-order valence-corrected chi connectivity index (χ3v) is 5.63. The Morgan fingerprint density at radius 2 is 1.73 bits per heavy atom. The van der Waals surface area contributed by atoms with Crippen LogP contribution in [0.3, 0.4) is 0 Å². The van der Waals surface area contributed by atoms with Crippen LogP contribution in [-0.2, 0) is 6.61 Å². The van der Waals surface area contributed by atoms with E-state index in [0.29, 0.717) is 40.2 Å². The van der Waals surface area contributed by atoms with Gasteiger partial charge in [-0.05, 0) is 70.1 Å². The van der Waals surface area contributed by atoms with Crippen LogP contribution in [0.15, 0.2) is 59.7 Å². The summed E-state index contributed by atoms with van der Waals surface area (Å²) < 4.78 is 22.7. The van der Waals surface area contributed by atoms with Crippen LogP contribution < -0.4 is 24.4 Å². The molecule has 3 aromatic rings. The first kappa shape index (κ1) is 24.7. The standard InChI is InChI=1S/C24H22ClIN2O5/c1-30-18-8-9-19(21(12-18)31-2)24(29)28-27-13-16-10-20(26)23(22(11-16)32-3)33-14-15-4-6-17(25)7-5-15/h4-13H,14H2,1-3H3,(H,28,29)/b27-13-. The molecule has 0 aromatic heterocycles. The number of methoxy groups -OCH3 is 3. The molecule has 9 heteroatoms. The van der Waals surface area contributed by atoms with E-state index < -0.39 is 5.91 Å². The van der Waals surface area contributed by atoms with Crippen LogP contribution in [-0.4, -0.2) is 33.5 Å². The van der Waals surface area contributed by atoms with Crippen LogP contribution in [0.1, 0.15) is 21.5 Å². The van der Waals surface area contributed by atoms with Gasteiger partial charge in [0, 0.05) is 11.1 Å². The molecule has 1 N–H and O–H groups in total. The van der Waals surface area contributed by atoms with Gasteiger partial charge in [0.1, 0.15) is 18.1 Å². The zero-order valence-electron chi connectivity index (χ0n) is 18.2. The van der Waals surface area contributed by atoms with Gasteiger partial charge >= 0.3 is 0 Å². The molecule has 0 spiro atoms. The summed E-state index contributed by atoms with van der Waals surface area (Å²) >= 11 is 8.10. The number of hydrazone groups is 1. The molecule has 0 aliphatic rings. The summed E-state index contributed by atoms with van der Waals surface area (Å²) in [4.78, 5) is 12.5. The highest BCUT2D eigenvalue weighted by atomic mass is 127. The second-order valence-corrected chi connectivity index (χ2v) is 8.31. The van der Waals surface area contributed by atoms with Crippen molar-refractivity contribution in [3.8, 4) is 23.0 Å². The monoisotopic (exact) mass is 580 g/mol. The number of rotatable bonds is 9. The van der Waals surface area contributed by atoms with Gasteiger partial charge in [-0.25, -0.2) is 5.43 Å². The highest BCUT2D eigenvalue weighted by Crippen LogP contribution is 2.34. The first-order valence-electron chi connectivity index (χ1n) is 9.75. The number of nitrogens with one attached hydrogen (secondary N) is 1. The van der Waals surface area contributed by atoms with Gasteiger partial charge in [0.05, 0.1) is 36.7 Å². The summed E-state index contributed by atoms with van der Waals surface area (Å²) in [6, 6.07) is 16.0. The Labute approximate surface area is 210 Å². The quantitative estimate of drug-likeness (QED) is 0.211. The van der Waals surface area contributed by atoms with E-state index in [1.165, 1.54) is 13.3 Å². The highest BCUT2D eigenvalue weighted by Gasteiger charge is 2.14. The fourth-order valence-electron chi connectivity index (χ4n) is 2.90. The van der Waals surface area contributed by atoms with E-state index in [-0.39, 0.29) is 0 Å². The molecule has 0 saturated heterocycles. The van der Waals surface area contributed by atoms with Crippen molar-refractivity contribution in [3.63, 3.8) is 0 Å². The van der Waals surface area contributed by atoms with Crippen LogP contribution in [0.4, 0.5) is 0 Å². The Bertz CT molecular complexity index is 1150. The Hall–Kier alpha value is -2.98. The van der Waals surface area contributed by atoms with Crippen LogP contribution in [0.25, 0.3) is 0 Å².